The molecule has 3 aromatic rings. The summed E-state index contributed by atoms with van der Waals surface area (Å²) < 4.78 is 10.5. The molecule has 2 amide bonds. The third-order valence-corrected chi connectivity index (χ3v) is 7.80. The zero-order valence-electron chi connectivity index (χ0n) is 21.1. The molecule has 1 heterocycles. The summed E-state index contributed by atoms with van der Waals surface area (Å²) in [5.41, 5.74) is 0.885. The maximum Gasteiger partial charge on any atom is 0.343 e. The molecule has 10 heteroatoms. The van der Waals surface area contributed by atoms with Crippen LogP contribution in [0.4, 0.5) is 5.69 Å². The molecule has 2 atom stereocenters. The quantitative estimate of drug-likeness (QED) is 0.148. The molecule has 5 rings (SSSR count). The molecule has 204 valence electrons. The Bertz CT molecular complexity index is 1490. The van der Waals surface area contributed by atoms with Crippen LogP contribution in [0.2, 0.25) is 10.0 Å². The molecule has 1 saturated heterocycles. The second-order valence-electron chi connectivity index (χ2n) is 9.60. The lowest BCUT2D eigenvalue weighted by Crippen LogP contribution is -2.31. The first-order valence-corrected chi connectivity index (χ1v) is 13.4. The molecule has 1 aliphatic carbocycles. The minimum Gasteiger partial charge on any atom is -0.454 e. The van der Waals surface area contributed by atoms with Gasteiger partial charge in [0, 0.05) is 5.56 Å². The van der Waals surface area contributed by atoms with Crippen molar-refractivity contribution < 1.29 is 33.4 Å². The Balaban J connectivity index is 1.18. The Labute approximate surface area is 239 Å². The van der Waals surface area contributed by atoms with Crippen molar-refractivity contribution in [2.75, 3.05) is 11.5 Å². The molecular weight excluding hydrogens is 557 g/mol. The maximum atomic E-state index is 12.9. The molecule has 3 aromatic carbocycles. The van der Waals surface area contributed by atoms with Gasteiger partial charge in [-0.15, -0.1) is 0 Å². The third-order valence-electron chi connectivity index (χ3n) is 7.06. The molecule has 2 fully saturated rings. The van der Waals surface area contributed by atoms with Gasteiger partial charge >= 0.3 is 11.9 Å². The Morgan fingerprint density at radius 3 is 2.02 bits per heavy atom. The molecular formula is C30H23Cl2NO7. The number of halogens is 2. The van der Waals surface area contributed by atoms with E-state index >= 15 is 0 Å². The summed E-state index contributed by atoms with van der Waals surface area (Å²) in [6.45, 7) is -0.531. The number of imide groups is 1. The molecule has 2 unspecified atom stereocenters. The van der Waals surface area contributed by atoms with Crippen molar-refractivity contribution in [2.45, 2.75) is 25.7 Å². The zero-order chi connectivity index (χ0) is 28.4. The summed E-state index contributed by atoms with van der Waals surface area (Å²) in [6.07, 6.45) is 3.22. The number of fused-ring (bicyclic) bond motifs is 1. The van der Waals surface area contributed by atoms with Gasteiger partial charge in [-0.25, -0.2) is 9.59 Å². The van der Waals surface area contributed by atoms with Crippen molar-refractivity contribution in [2.24, 2.45) is 11.8 Å². The fourth-order valence-corrected chi connectivity index (χ4v) is 5.28. The van der Waals surface area contributed by atoms with Gasteiger partial charge < -0.3 is 9.47 Å². The summed E-state index contributed by atoms with van der Waals surface area (Å²) in [6, 6.07) is 16.2. The molecule has 8 nitrogen and oxygen atoms in total. The summed E-state index contributed by atoms with van der Waals surface area (Å²) in [5, 5.41) is 0.526. The predicted molar refractivity (Wildman–Crippen MR) is 147 cm³/mol. The zero-order valence-corrected chi connectivity index (χ0v) is 22.6. The minimum absolute atomic E-state index is 0.116. The van der Waals surface area contributed by atoms with Gasteiger partial charge in [-0.3, -0.25) is 19.3 Å². The van der Waals surface area contributed by atoms with Crippen molar-refractivity contribution in [1.82, 2.24) is 0 Å². The van der Waals surface area contributed by atoms with Gasteiger partial charge in [-0.2, -0.15) is 0 Å². The van der Waals surface area contributed by atoms with E-state index in [9.17, 15) is 24.0 Å². The SMILES string of the molecule is O=C(COC(=O)c1cccc(N2C(=O)C3CCCCC3C2=O)c1)c1ccc(OC(=O)c2ccc(Cl)c(Cl)c2)cc1. The van der Waals surface area contributed by atoms with Gasteiger partial charge in [-0.05, 0) is 73.5 Å². The van der Waals surface area contributed by atoms with Crippen LogP contribution in [0.3, 0.4) is 0 Å². The third kappa shape index (κ3) is 5.64. The number of Topliss-reactive ketones (excluding diaryl/α,β-unsaturated/α-hetero) is 1. The fraction of sp³-hybridized carbons (Fsp3) is 0.233. The van der Waals surface area contributed by atoms with E-state index in [1.165, 1.54) is 59.5 Å². The standard InChI is InChI=1S/C30H23Cl2NO7/c31-24-13-10-19(15-25(24)32)30(38)40-21-11-8-17(9-12-21)26(34)16-39-29(37)18-4-3-5-20(14-18)33-27(35)22-6-1-2-7-23(22)28(33)36/h3-5,8-15,22-23H,1-2,6-7,16H2. The normalized spacial score (nSPS) is 18.3. The topological polar surface area (TPSA) is 107 Å². The molecule has 40 heavy (non-hydrogen) atoms. The number of carbonyl (C=O) groups excluding carboxylic acids is 5. The number of ether oxygens (including phenoxy) is 2. The second kappa shape index (κ2) is 11.6. The van der Waals surface area contributed by atoms with Crippen LogP contribution in [0.1, 0.15) is 56.8 Å². The van der Waals surface area contributed by atoms with Gasteiger partial charge in [0.15, 0.2) is 12.4 Å². The molecule has 2 aliphatic rings. The van der Waals surface area contributed by atoms with E-state index in [0.717, 1.165) is 12.8 Å². The van der Waals surface area contributed by atoms with Crippen molar-refractivity contribution >= 4 is 58.4 Å². The van der Waals surface area contributed by atoms with Crippen molar-refractivity contribution in [3.8, 4) is 5.75 Å². The Morgan fingerprint density at radius 2 is 1.38 bits per heavy atom. The molecule has 0 bridgehead atoms. The number of hydrogen-bond donors (Lipinski definition) is 0. The highest BCUT2D eigenvalue weighted by Gasteiger charge is 2.48. The van der Waals surface area contributed by atoms with Crippen molar-refractivity contribution in [3.05, 3.63) is 93.5 Å². The van der Waals surface area contributed by atoms with E-state index in [4.69, 9.17) is 32.7 Å². The fourth-order valence-electron chi connectivity index (χ4n) is 4.98. The van der Waals surface area contributed by atoms with E-state index in [-0.39, 0.29) is 51.1 Å². The second-order valence-corrected chi connectivity index (χ2v) is 10.4. The van der Waals surface area contributed by atoms with Gasteiger partial charge in [0.05, 0.1) is 38.7 Å². The molecule has 1 aliphatic heterocycles. The lowest BCUT2D eigenvalue weighted by atomic mass is 9.81. The van der Waals surface area contributed by atoms with Gasteiger partial charge in [-0.1, -0.05) is 42.1 Å². The minimum atomic E-state index is -0.765. The monoisotopic (exact) mass is 579 g/mol. The summed E-state index contributed by atoms with van der Waals surface area (Å²) in [7, 11) is 0. The number of anilines is 1. The lowest BCUT2D eigenvalue weighted by molar-refractivity contribution is -0.122. The van der Waals surface area contributed by atoms with Crippen LogP contribution in [0.25, 0.3) is 0 Å². The summed E-state index contributed by atoms with van der Waals surface area (Å²) in [4.78, 5) is 64.6. The van der Waals surface area contributed by atoms with Crippen LogP contribution in [-0.4, -0.2) is 36.1 Å². The largest absolute Gasteiger partial charge is 0.454 e. The van der Waals surface area contributed by atoms with Gasteiger partial charge in [0.25, 0.3) is 0 Å². The number of carbonyl (C=O) groups is 5. The first kappa shape index (κ1) is 27.6. The molecule has 0 N–H and O–H groups in total. The van der Waals surface area contributed by atoms with Gasteiger partial charge in [0.1, 0.15) is 5.75 Å². The number of rotatable bonds is 7. The maximum absolute atomic E-state index is 12.9. The number of amides is 2. The van der Waals surface area contributed by atoms with E-state index in [0.29, 0.717) is 23.6 Å². The average molecular weight is 580 g/mol. The van der Waals surface area contributed by atoms with E-state index in [1.54, 1.807) is 12.1 Å². The number of ketones is 1. The summed E-state index contributed by atoms with van der Waals surface area (Å²) >= 11 is 11.8. The highest BCUT2D eigenvalue weighted by molar-refractivity contribution is 6.42. The van der Waals surface area contributed by atoms with E-state index in [1.807, 2.05) is 0 Å². The van der Waals surface area contributed by atoms with Crippen LogP contribution in [0, 0.1) is 11.8 Å². The number of esters is 2. The van der Waals surface area contributed by atoms with E-state index < -0.39 is 24.3 Å². The van der Waals surface area contributed by atoms with E-state index in [2.05, 4.69) is 0 Å². The predicted octanol–water partition coefficient (Wildman–Crippen LogP) is 5.93. The Hall–Kier alpha value is -4.01. The van der Waals surface area contributed by atoms with Gasteiger partial charge in [0.2, 0.25) is 11.8 Å². The number of nitrogens with zero attached hydrogens (tertiary/aromatic N) is 1. The smallest absolute Gasteiger partial charge is 0.343 e. The molecule has 0 aromatic heterocycles. The number of benzene rings is 3. The van der Waals surface area contributed by atoms with Crippen LogP contribution < -0.4 is 9.64 Å². The highest BCUT2D eigenvalue weighted by Crippen LogP contribution is 2.40. The van der Waals surface area contributed by atoms with Crippen LogP contribution in [-0.2, 0) is 14.3 Å². The first-order valence-electron chi connectivity index (χ1n) is 12.7. The van der Waals surface area contributed by atoms with Crippen molar-refractivity contribution in [3.63, 3.8) is 0 Å². The Morgan fingerprint density at radius 1 is 0.750 bits per heavy atom. The first-order chi connectivity index (χ1) is 19.2. The molecule has 0 spiro atoms. The molecule has 1 saturated carbocycles. The summed E-state index contributed by atoms with van der Waals surface area (Å²) in [5.74, 6) is -2.76. The molecule has 0 radical (unpaired) electrons. The lowest BCUT2D eigenvalue weighted by Gasteiger charge is -2.19. The highest BCUT2D eigenvalue weighted by atomic mass is 35.5. The number of hydrogen-bond acceptors (Lipinski definition) is 7. The van der Waals surface area contributed by atoms with Crippen molar-refractivity contribution in [1.29, 1.82) is 0 Å². The van der Waals surface area contributed by atoms with Crippen LogP contribution in [0.5, 0.6) is 5.75 Å². The van der Waals surface area contributed by atoms with Crippen LogP contribution in [0.15, 0.2) is 66.7 Å². The Kier molecular flexibility index (Phi) is 8.00. The average Bonchev–Trinajstić information content (AvgIpc) is 3.22. The van der Waals surface area contributed by atoms with Crippen LogP contribution >= 0.6 is 23.2 Å².